The van der Waals surface area contributed by atoms with E-state index in [4.69, 9.17) is 9.47 Å². The van der Waals surface area contributed by atoms with Crippen molar-refractivity contribution < 1.29 is 19.1 Å². The van der Waals surface area contributed by atoms with Gasteiger partial charge >= 0.3 is 0 Å². The number of carbonyl (C=O) groups is 2. The average molecular weight is 419 g/mol. The molecule has 1 aliphatic heterocycles. The molecule has 0 bridgehead atoms. The van der Waals surface area contributed by atoms with Crippen LogP contribution in [0.2, 0.25) is 0 Å². The van der Waals surface area contributed by atoms with Crippen LogP contribution in [0.3, 0.4) is 0 Å². The van der Waals surface area contributed by atoms with Crippen molar-refractivity contribution in [2.45, 2.75) is 18.9 Å². The molecular weight excluding hydrogens is 400 g/mol. The molecule has 1 unspecified atom stereocenters. The summed E-state index contributed by atoms with van der Waals surface area (Å²) in [4.78, 5) is 24.0. The van der Waals surface area contributed by atoms with Gasteiger partial charge in [-0.2, -0.15) is 0 Å². The van der Waals surface area contributed by atoms with Crippen LogP contribution in [0.15, 0.2) is 53.0 Å². The summed E-state index contributed by atoms with van der Waals surface area (Å²) in [6, 6.07) is 14.2. The highest BCUT2D eigenvalue weighted by atomic mass is 79.9. The highest BCUT2D eigenvalue weighted by Gasteiger charge is 2.23. The monoisotopic (exact) mass is 418 g/mol. The number of halogens is 1. The van der Waals surface area contributed by atoms with Gasteiger partial charge in [-0.3, -0.25) is 9.59 Å². The fourth-order valence-corrected chi connectivity index (χ4v) is 2.79. The Bertz CT molecular complexity index is 756. The number of carbonyl (C=O) groups excluding carboxylic acids is 2. The number of ether oxygens (including phenoxy) is 2. The van der Waals surface area contributed by atoms with Crippen LogP contribution >= 0.6 is 15.9 Å². The first-order chi connectivity index (χ1) is 12.6. The van der Waals surface area contributed by atoms with E-state index in [2.05, 4.69) is 26.6 Å². The van der Waals surface area contributed by atoms with Crippen molar-refractivity contribution in [2.75, 3.05) is 23.8 Å². The molecule has 2 N–H and O–H groups in total. The zero-order valence-electron chi connectivity index (χ0n) is 14.0. The van der Waals surface area contributed by atoms with E-state index in [1.54, 1.807) is 36.4 Å². The second-order valence-corrected chi connectivity index (χ2v) is 6.77. The van der Waals surface area contributed by atoms with E-state index in [9.17, 15) is 9.59 Å². The molecule has 2 amide bonds. The predicted molar refractivity (Wildman–Crippen MR) is 102 cm³/mol. The van der Waals surface area contributed by atoms with Crippen LogP contribution in [0.25, 0.3) is 0 Å². The number of nitrogens with one attached hydrogen (secondary N) is 2. The van der Waals surface area contributed by atoms with Gasteiger partial charge in [0.05, 0.1) is 0 Å². The SMILES string of the molecule is O=C(COc1ccc(Br)cc1)Nc1ccc(NC(=O)C2CCCO2)cc1. The Hall–Kier alpha value is -2.38. The molecule has 0 spiro atoms. The third kappa shape index (κ3) is 5.31. The highest BCUT2D eigenvalue weighted by molar-refractivity contribution is 9.10. The largest absolute Gasteiger partial charge is 0.484 e. The Morgan fingerprint density at radius 2 is 1.69 bits per heavy atom. The normalized spacial score (nSPS) is 16.1. The molecule has 0 aliphatic carbocycles. The van der Waals surface area contributed by atoms with Gasteiger partial charge < -0.3 is 20.1 Å². The van der Waals surface area contributed by atoms with Gasteiger partial charge in [-0.15, -0.1) is 0 Å². The summed E-state index contributed by atoms with van der Waals surface area (Å²) in [5, 5.41) is 5.56. The number of hydrogen-bond donors (Lipinski definition) is 2. The third-order valence-corrected chi connectivity index (χ3v) is 4.37. The summed E-state index contributed by atoms with van der Waals surface area (Å²) in [5.74, 6) is 0.224. The Balaban J connectivity index is 1.46. The molecule has 3 rings (SSSR count). The Morgan fingerprint density at radius 1 is 1.04 bits per heavy atom. The lowest BCUT2D eigenvalue weighted by Gasteiger charge is -2.11. The maximum Gasteiger partial charge on any atom is 0.262 e. The van der Waals surface area contributed by atoms with Crippen LogP contribution in [-0.4, -0.2) is 31.1 Å². The van der Waals surface area contributed by atoms with Crippen LogP contribution in [0.5, 0.6) is 5.75 Å². The van der Waals surface area contributed by atoms with E-state index >= 15 is 0 Å². The van der Waals surface area contributed by atoms with Crippen molar-refractivity contribution in [3.63, 3.8) is 0 Å². The molecule has 1 heterocycles. The average Bonchev–Trinajstić information content (AvgIpc) is 3.18. The molecule has 2 aromatic rings. The van der Waals surface area contributed by atoms with Crippen molar-refractivity contribution >= 4 is 39.1 Å². The fourth-order valence-electron chi connectivity index (χ4n) is 2.52. The molecule has 0 aromatic heterocycles. The third-order valence-electron chi connectivity index (χ3n) is 3.84. The van der Waals surface area contributed by atoms with Gasteiger partial charge in [0.2, 0.25) is 0 Å². The second-order valence-electron chi connectivity index (χ2n) is 5.86. The lowest BCUT2D eigenvalue weighted by atomic mass is 10.2. The summed E-state index contributed by atoms with van der Waals surface area (Å²) < 4.78 is 11.7. The van der Waals surface area contributed by atoms with Crippen LogP contribution in [0, 0.1) is 0 Å². The quantitative estimate of drug-likeness (QED) is 0.751. The number of rotatable bonds is 6. The predicted octanol–water partition coefficient (Wildman–Crippen LogP) is 3.58. The van der Waals surface area contributed by atoms with Gasteiger partial charge in [-0.05, 0) is 61.4 Å². The molecule has 136 valence electrons. The first kappa shape index (κ1) is 18.4. The molecule has 1 saturated heterocycles. The van der Waals surface area contributed by atoms with Crippen LogP contribution in [-0.2, 0) is 14.3 Å². The van der Waals surface area contributed by atoms with E-state index in [1.807, 2.05) is 12.1 Å². The van der Waals surface area contributed by atoms with Gasteiger partial charge in [0, 0.05) is 22.5 Å². The molecule has 2 aromatic carbocycles. The van der Waals surface area contributed by atoms with Gasteiger partial charge in [0.25, 0.3) is 11.8 Å². The topological polar surface area (TPSA) is 76.7 Å². The summed E-state index contributed by atoms with van der Waals surface area (Å²) >= 11 is 3.34. The molecule has 1 aliphatic rings. The number of benzene rings is 2. The fraction of sp³-hybridized carbons (Fsp3) is 0.263. The lowest BCUT2D eigenvalue weighted by molar-refractivity contribution is -0.124. The first-order valence-corrected chi connectivity index (χ1v) is 9.10. The maximum atomic E-state index is 12.0. The van der Waals surface area contributed by atoms with E-state index in [0.717, 1.165) is 17.3 Å². The zero-order valence-corrected chi connectivity index (χ0v) is 15.6. The van der Waals surface area contributed by atoms with Gasteiger partial charge in [-0.25, -0.2) is 0 Å². The second kappa shape index (κ2) is 8.82. The van der Waals surface area contributed by atoms with Crippen molar-refractivity contribution in [2.24, 2.45) is 0 Å². The van der Waals surface area contributed by atoms with Crippen LogP contribution in [0.1, 0.15) is 12.8 Å². The molecule has 0 radical (unpaired) electrons. The van der Waals surface area contributed by atoms with E-state index < -0.39 is 0 Å². The Labute approximate surface area is 160 Å². The minimum Gasteiger partial charge on any atom is -0.484 e. The van der Waals surface area contributed by atoms with Crippen molar-refractivity contribution in [1.29, 1.82) is 0 Å². The summed E-state index contributed by atoms with van der Waals surface area (Å²) in [7, 11) is 0. The molecule has 1 fully saturated rings. The van der Waals surface area contributed by atoms with Crippen molar-refractivity contribution in [1.82, 2.24) is 0 Å². The molecular formula is C19H19BrN2O4. The number of amides is 2. The summed E-state index contributed by atoms with van der Waals surface area (Å²) in [6.07, 6.45) is 1.29. The number of anilines is 2. The van der Waals surface area contributed by atoms with Gasteiger partial charge in [0.15, 0.2) is 6.61 Å². The maximum absolute atomic E-state index is 12.0. The number of hydrogen-bond acceptors (Lipinski definition) is 4. The van der Waals surface area contributed by atoms with Crippen LogP contribution < -0.4 is 15.4 Å². The smallest absolute Gasteiger partial charge is 0.262 e. The van der Waals surface area contributed by atoms with Crippen molar-refractivity contribution in [3.05, 3.63) is 53.0 Å². The lowest BCUT2D eigenvalue weighted by Crippen LogP contribution is -2.26. The van der Waals surface area contributed by atoms with E-state index in [1.165, 1.54) is 0 Å². The first-order valence-electron chi connectivity index (χ1n) is 8.31. The van der Waals surface area contributed by atoms with Crippen molar-refractivity contribution in [3.8, 4) is 5.75 Å². The Morgan fingerprint density at radius 3 is 2.31 bits per heavy atom. The Kier molecular flexibility index (Phi) is 6.25. The minimum absolute atomic E-state index is 0.0842. The standard InChI is InChI=1S/C19H19BrN2O4/c20-13-3-9-16(10-4-13)26-12-18(23)21-14-5-7-15(8-6-14)22-19(24)17-2-1-11-25-17/h3-10,17H,1-2,11-12H2,(H,21,23)(H,22,24). The molecule has 1 atom stereocenters. The highest BCUT2D eigenvalue weighted by Crippen LogP contribution is 2.18. The molecule has 26 heavy (non-hydrogen) atoms. The summed E-state index contributed by atoms with van der Waals surface area (Å²) in [5.41, 5.74) is 1.29. The zero-order chi connectivity index (χ0) is 18.4. The molecule has 6 nitrogen and oxygen atoms in total. The van der Waals surface area contributed by atoms with Gasteiger partial charge in [0.1, 0.15) is 11.9 Å². The van der Waals surface area contributed by atoms with Gasteiger partial charge in [-0.1, -0.05) is 15.9 Å². The molecule has 7 heteroatoms. The van der Waals surface area contributed by atoms with E-state index in [-0.39, 0.29) is 24.5 Å². The minimum atomic E-state index is -0.370. The molecule has 0 saturated carbocycles. The van der Waals surface area contributed by atoms with E-state index in [0.29, 0.717) is 23.7 Å². The summed E-state index contributed by atoms with van der Waals surface area (Å²) in [6.45, 7) is 0.546. The van der Waals surface area contributed by atoms with Crippen LogP contribution in [0.4, 0.5) is 11.4 Å².